The maximum atomic E-state index is 12.5. The summed E-state index contributed by atoms with van der Waals surface area (Å²) in [7, 11) is -3.67. The van der Waals surface area contributed by atoms with E-state index in [1.165, 1.54) is 0 Å². The molecule has 0 aliphatic heterocycles. The number of anilines is 2. The molecule has 2 aromatic carbocycles. The largest absolute Gasteiger partial charge is 0.323 e. The summed E-state index contributed by atoms with van der Waals surface area (Å²) in [6.45, 7) is 5.20. The number of hydrogen-bond acceptors (Lipinski definition) is 3. The standard InChI is InChI=1S/C18H20Cl2N2O3S/c1-11-8-12(2)18(13(3)9-11)22(26(4,24)25)10-16(23)21-15-7-5-6-14(19)17(15)20/h5-9H,10H2,1-4H3,(H,21,23). The molecule has 0 aromatic heterocycles. The Bertz CT molecular complexity index is 936. The Morgan fingerprint density at radius 1 is 1.12 bits per heavy atom. The molecule has 0 aliphatic rings. The molecule has 0 radical (unpaired) electrons. The van der Waals surface area contributed by atoms with E-state index in [1.807, 2.05) is 32.9 Å². The molecule has 0 atom stereocenters. The molecule has 0 saturated heterocycles. The van der Waals surface area contributed by atoms with Gasteiger partial charge in [-0.1, -0.05) is 47.0 Å². The van der Waals surface area contributed by atoms with E-state index in [4.69, 9.17) is 23.2 Å². The Kier molecular flexibility index (Phi) is 6.21. The van der Waals surface area contributed by atoms with Crippen molar-refractivity contribution < 1.29 is 13.2 Å². The average Bonchev–Trinajstić information content (AvgIpc) is 2.49. The Balaban J connectivity index is 2.36. The number of hydrogen-bond donors (Lipinski definition) is 1. The summed E-state index contributed by atoms with van der Waals surface area (Å²) < 4.78 is 25.8. The molecule has 8 heteroatoms. The molecule has 2 aromatic rings. The minimum atomic E-state index is -3.67. The first-order valence-corrected chi connectivity index (χ1v) is 10.4. The molecule has 0 bridgehead atoms. The zero-order valence-electron chi connectivity index (χ0n) is 14.9. The fraction of sp³-hybridized carbons (Fsp3) is 0.278. The van der Waals surface area contributed by atoms with Crippen molar-refractivity contribution in [2.45, 2.75) is 20.8 Å². The van der Waals surface area contributed by atoms with Crippen molar-refractivity contribution in [1.82, 2.24) is 0 Å². The van der Waals surface area contributed by atoms with E-state index < -0.39 is 15.9 Å². The molecule has 0 spiro atoms. The molecule has 1 amide bonds. The van der Waals surface area contributed by atoms with Gasteiger partial charge < -0.3 is 5.32 Å². The minimum Gasteiger partial charge on any atom is -0.323 e. The van der Waals surface area contributed by atoms with E-state index in [1.54, 1.807) is 18.2 Å². The molecular weight excluding hydrogens is 395 g/mol. The molecular formula is C18H20Cl2N2O3S. The lowest BCUT2D eigenvalue weighted by molar-refractivity contribution is -0.114. The van der Waals surface area contributed by atoms with Crippen molar-refractivity contribution >= 4 is 50.5 Å². The lowest BCUT2D eigenvalue weighted by Crippen LogP contribution is -2.38. The predicted molar refractivity (Wildman–Crippen MR) is 108 cm³/mol. The summed E-state index contributed by atoms with van der Waals surface area (Å²) in [5.74, 6) is -0.515. The summed E-state index contributed by atoms with van der Waals surface area (Å²) in [5.41, 5.74) is 3.41. The topological polar surface area (TPSA) is 66.5 Å². The van der Waals surface area contributed by atoms with Crippen molar-refractivity contribution in [3.05, 3.63) is 57.1 Å². The van der Waals surface area contributed by atoms with Crippen LogP contribution in [0.2, 0.25) is 10.0 Å². The number of halogens is 2. The third kappa shape index (κ3) is 4.69. The highest BCUT2D eigenvalue weighted by atomic mass is 35.5. The highest BCUT2D eigenvalue weighted by Crippen LogP contribution is 2.31. The van der Waals surface area contributed by atoms with Crippen LogP contribution in [-0.2, 0) is 14.8 Å². The van der Waals surface area contributed by atoms with Crippen LogP contribution in [0.4, 0.5) is 11.4 Å². The van der Waals surface area contributed by atoms with Gasteiger partial charge in [0, 0.05) is 0 Å². The second-order valence-electron chi connectivity index (χ2n) is 6.17. The van der Waals surface area contributed by atoms with Gasteiger partial charge in [0.1, 0.15) is 6.54 Å². The van der Waals surface area contributed by atoms with E-state index in [0.717, 1.165) is 27.3 Å². The SMILES string of the molecule is Cc1cc(C)c(N(CC(=O)Nc2cccc(Cl)c2Cl)S(C)(=O)=O)c(C)c1. The van der Waals surface area contributed by atoms with Gasteiger partial charge in [0.05, 0.1) is 27.7 Å². The van der Waals surface area contributed by atoms with Crippen LogP contribution in [0.5, 0.6) is 0 Å². The molecule has 0 aliphatic carbocycles. The molecule has 140 valence electrons. The first-order chi connectivity index (χ1) is 12.0. The van der Waals surface area contributed by atoms with Crippen LogP contribution in [0.15, 0.2) is 30.3 Å². The fourth-order valence-electron chi connectivity index (χ4n) is 2.85. The molecule has 1 N–H and O–H groups in total. The number of benzene rings is 2. The lowest BCUT2D eigenvalue weighted by Gasteiger charge is -2.26. The fourth-order valence-corrected chi connectivity index (χ4v) is 4.17. The molecule has 2 rings (SSSR count). The quantitative estimate of drug-likeness (QED) is 0.791. The number of sulfonamides is 1. The van der Waals surface area contributed by atoms with Gasteiger partial charge in [-0.15, -0.1) is 0 Å². The molecule has 5 nitrogen and oxygen atoms in total. The molecule has 0 fully saturated rings. The number of rotatable bonds is 5. The maximum Gasteiger partial charge on any atom is 0.245 e. The van der Waals surface area contributed by atoms with Crippen molar-refractivity contribution in [3.63, 3.8) is 0 Å². The predicted octanol–water partition coefficient (Wildman–Crippen LogP) is 4.32. The lowest BCUT2D eigenvalue weighted by atomic mass is 10.1. The molecule has 0 unspecified atom stereocenters. The van der Waals surface area contributed by atoms with E-state index in [0.29, 0.717) is 16.4 Å². The van der Waals surface area contributed by atoms with E-state index in [-0.39, 0.29) is 11.6 Å². The summed E-state index contributed by atoms with van der Waals surface area (Å²) in [5, 5.41) is 3.12. The summed E-state index contributed by atoms with van der Waals surface area (Å²) in [6, 6.07) is 8.60. The van der Waals surface area contributed by atoms with E-state index in [9.17, 15) is 13.2 Å². The average molecular weight is 415 g/mol. The van der Waals surface area contributed by atoms with Gasteiger partial charge in [0.15, 0.2) is 0 Å². The number of nitrogens with zero attached hydrogens (tertiary/aromatic N) is 1. The zero-order chi connectivity index (χ0) is 19.6. The van der Waals surface area contributed by atoms with Crippen LogP contribution in [0.3, 0.4) is 0 Å². The van der Waals surface area contributed by atoms with Crippen LogP contribution in [0, 0.1) is 20.8 Å². The Morgan fingerprint density at radius 2 is 1.69 bits per heavy atom. The second kappa shape index (κ2) is 7.86. The summed E-state index contributed by atoms with van der Waals surface area (Å²) in [4.78, 5) is 12.5. The van der Waals surface area contributed by atoms with Crippen molar-refractivity contribution in [1.29, 1.82) is 0 Å². The molecule has 0 saturated carbocycles. The number of carbonyl (C=O) groups is 1. The Hall–Kier alpha value is -1.76. The Labute approximate surface area is 164 Å². The highest BCUT2D eigenvalue weighted by molar-refractivity contribution is 7.92. The highest BCUT2D eigenvalue weighted by Gasteiger charge is 2.24. The van der Waals surface area contributed by atoms with E-state index in [2.05, 4.69) is 5.32 Å². The number of amides is 1. The van der Waals surface area contributed by atoms with Gasteiger partial charge in [-0.3, -0.25) is 9.10 Å². The second-order valence-corrected chi connectivity index (χ2v) is 8.86. The normalized spacial score (nSPS) is 11.3. The summed E-state index contributed by atoms with van der Waals surface area (Å²) >= 11 is 12.0. The first kappa shape index (κ1) is 20.6. The van der Waals surface area contributed by atoms with Gasteiger partial charge in [-0.05, 0) is 44.0 Å². The van der Waals surface area contributed by atoms with Crippen LogP contribution >= 0.6 is 23.2 Å². The van der Waals surface area contributed by atoms with Gasteiger partial charge in [-0.25, -0.2) is 8.42 Å². The third-order valence-corrected chi connectivity index (χ3v) is 5.73. The van der Waals surface area contributed by atoms with Crippen LogP contribution in [0.1, 0.15) is 16.7 Å². The molecule has 0 heterocycles. The number of carbonyl (C=O) groups excluding carboxylic acids is 1. The van der Waals surface area contributed by atoms with Crippen molar-refractivity contribution in [2.24, 2.45) is 0 Å². The van der Waals surface area contributed by atoms with Gasteiger partial charge >= 0.3 is 0 Å². The Morgan fingerprint density at radius 3 is 2.23 bits per heavy atom. The zero-order valence-corrected chi connectivity index (χ0v) is 17.3. The molecule has 26 heavy (non-hydrogen) atoms. The smallest absolute Gasteiger partial charge is 0.245 e. The van der Waals surface area contributed by atoms with Crippen LogP contribution in [-0.4, -0.2) is 27.1 Å². The van der Waals surface area contributed by atoms with Crippen molar-refractivity contribution in [3.8, 4) is 0 Å². The first-order valence-electron chi connectivity index (χ1n) is 7.80. The minimum absolute atomic E-state index is 0.205. The van der Waals surface area contributed by atoms with Gasteiger partial charge in [0.2, 0.25) is 15.9 Å². The van der Waals surface area contributed by atoms with Crippen LogP contribution < -0.4 is 9.62 Å². The summed E-state index contributed by atoms with van der Waals surface area (Å²) in [6.07, 6.45) is 1.07. The maximum absolute atomic E-state index is 12.5. The van der Waals surface area contributed by atoms with Crippen molar-refractivity contribution in [2.75, 3.05) is 22.4 Å². The third-order valence-electron chi connectivity index (χ3n) is 3.80. The van der Waals surface area contributed by atoms with E-state index >= 15 is 0 Å². The van der Waals surface area contributed by atoms with Gasteiger partial charge in [0.25, 0.3) is 0 Å². The number of aryl methyl sites for hydroxylation is 3. The monoisotopic (exact) mass is 414 g/mol. The van der Waals surface area contributed by atoms with Gasteiger partial charge in [-0.2, -0.15) is 0 Å². The number of nitrogens with one attached hydrogen (secondary N) is 1. The van der Waals surface area contributed by atoms with Crippen LogP contribution in [0.25, 0.3) is 0 Å².